The summed E-state index contributed by atoms with van der Waals surface area (Å²) in [5.41, 5.74) is 2.43. The molecule has 8 heteroatoms. The van der Waals surface area contributed by atoms with Crippen LogP contribution in [0.15, 0.2) is 48.7 Å². The van der Waals surface area contributed by atoms with E-state index in [4.69, 9.17) is 4.74 Å². The molecule has 0 N–H and O–H groups in total. The van der Waals surface area contributed by atoms with Crippen molar-refractivity contribution in [3.05, 3.63) is 65.5 Å². The molecule has 1 spiro atoms. The smallest absolute Gasteiger partial charge is 0.327 e. The monoisotopic (exact) mass is 489 g/mol. The molecule has 2 aromatic carbocycles. The topological polar surface area (TPSA) is 70.9 Å². The molecule has 3 heterocycles. The Kier molecular flexibility index (Phi) is 6.81. The zero-order valence-electron chi connectivity index (χ0n) is 21.4. The Bertz CT molecular complexity index is 1260. The third-order valence-corrected chi connectivity index (χ3v) is 7.70. The van der Waals surface area contributed by atoms with Gasteiger partial charge in [-0.05, 0) is 48.6 Å². The molecule has 0 saturated carbocycles. The number of carbonyl (C=O) groups excluding carboxylic acids is 2. The summed E-state index contributed by atoms with van der Waals surface area (Å²) in [6.45, 7) is 5.74. The Hall–Kier alpha value is -3.23. The molecule has 2 aliphatic rings. The minimum atomic E-state index is -0.776. The molecule has 0 bridgehead atoms. The number of fused-ring (bicyclic) bond motifs is 1. The fourth-order valence-electron chi connectivity index (χ4n) is 5.73. The summed E-state index contributed by atoms with van der Waals surface area (Å²) >= 11 is 0. The van der Waals surface area contributed by atoms with Crippen LogP contribution in [0.3, 0.4) is 0 Å². The van der Waals surface area contributed by atoms with Crippen LogP contribution in [0.5, 0.6) is 0 Å². The van der Waals surface area contributed by atoms with Crippen molar-refractivity contribution >= 4 is 22.7 Å². The van der Waals surface area contributed by atoms with E-state index in [0.717, 1.165) is 41.7 Å². The summed E-state index contributed by atoms with van der Waals surface area (Å²) in [6.07, 6.45) is 4.04. The van der Waals surface area contributed by atoms with Crippen LogP contribution in [0, 0.1) is 6.92 Å². The van der Waals surface area contributed by atoms with E-state index in [1.807, 2.05) is 41.8 Å². The van der Waals surface area contributed by atoms with Crippen molar-refractivity contribution in [1.29, 1.82) is 0 Å². The quantitative estimate of drug-likeness (QED) is 0.356. The molecular weight excluding hydrogens is 454 g/mol. The van der Waals surface area contributed by atoms with Crippen molar-refractivity contribution in [2.75, 3.05) is 33.4 Å². The largest absolute Gasteiger partial charge is 0.385 e. The number of rotatable bonds is 8. The summed E-state index contributed by atoms with van der Waals surface area (Å²) in [7, 11) is 3.60. The number of nitrogens with zero attached hydrogens (tertiary/aromatic N) is 5. The van der Waals surface area contributed by atoms with Crippen molar-refractivity contribution in [3.63, 3.8) is 0 Å². The van der Waals surface area contributed by atoms with E-state index >= 15 is 0 Å². The fraction of sp³-hybridized carbons (Fsp3) is 0.464. The van der Waals surface area contributed by atoms with Gasteiger partial charge in [0.2, 0.25) is 0 Å². The summed E-state index contributed by atoms with van der Waals surface area (Å²) in [5.74, 6) is -0.0599. The molecule has 2 fully saturated rings. The number of piperidine rings is 1. The lowest BCUT2D eigenvalue weighted by Crippen LogP contribution is -2.56. The molecule has 36 heavy (non-hydrogen) atoms. The standard InChI is InChI=1S/C28H35N5O3/c1-21-25(19-30(2)29-21)20-31-14-11-28(12-15-31)26(34)32(27(35)33(28)13-6-16-36-3)18-22-9-10-23-7-4-5-8-24(23)17-22/h4-5,7-10,17,19H,6,11-16,18,20H2,1-3H3. The summed E-state index contributed by atoms with van der Waals surface area (Å²) < 4.78 is 7.09. The Balaban J connectivity index is 1.35. The van der Waals surface area contributed by atoms with Crippen LogP contribution in [0.1, 0.15) is 36.1 Å². The van der Waals surface area contributed by atoms with Crippen molar-refractivity contribution in [3.8, 4) is 0 Å². The lowest BCUT2D eigenvalue weighted by molar-refractivity contribution is -0.136. The number of ether oxygens (including phenoxy) is 1. The van der Waals surface area contributed by atoms with E-state index in [9.17, 15) is 9.59 Å². The molecule has 3 aromatic rings. The van der Waals surface area contributed by atoms with E-state index in [1.165, 1.54) is 10.5 Å². The SMILES string of the molecule is COCCCN1C(=O)N(Cc2ccc3ccccc3c2)C(=O)C12CCN(Cc1cn(C)nc1C)CC2. The first kappa shape index (κ1) is 24.5. The number of methoxy groups -OCH3 is 1. The van der Waals surface area contributed by atoms with Crippen molar-refractivity contribution in [2.45, 2.75) is 44.8 Å². The number of carbonyl (C=O) groups is 2. The van der Waals surface area contributed by atoms with Crippen LogP contribution in [0.2, 0.25) is 0 Å². The van der Waals surface area contributed by atoms with Gasteiger partial charge in [-0.2, -0.15) is 5.10 Å². The predicted octanol–water partition coefficient (Wildman–Crippen LogP) is 3.72. The second kappa shape index (κ2) is 10.0. The van der Waals surface area contributed by atoms with Gasteiger partial charge >= 0.3 is 6.03 Å². The number of aromatic nitrogens is 2. The third kappa shape index (κ3) is 4.51. The van der Waals surface area contributed by atoms with E-state index in [2.05, 4.69) is 40.5 Å². The average Bonchev–Trinajstić information content (AvgIpc) is 3.29. The molecule has 0 unspecified atom stereocenters. The number of imide groups is 1. The minimum absolute atomic E-state index is 0.0599. The Morgan fingerprint density at radius 2 is 1.78 bits per heavy atom. The lowest BCUT2D eigenvalue weighted by atomic mass is 9.85. The van der Waals surface area contributed by atoms with Gasteiger partial charge in [-0.15, -0.1) is 0 Å². The molecule has 5 rings (SSSR count). The van der Waals surface area contributed by atoms with Gasteiger partial charge < -0.3 is 9.64 Å². The minimum Gasteiger partial charge on any atom is -0.385 e. The number of amides is 3. The van der Waals surface area contributed by atoms with Crippen LogP contribution in [-0.4, -0.2) is 75.3 Å². The van der Waals surface area contributed by atoms with Crippen LogP contribution in [0.25, 0.3) is 10.8 Å². The number of hydrogen-bond acceptors (Lipinski definition) is 5. The highest BCUT2D eigenvalue weighted by molar-refractivity contribution is 6.07. The zero-order valence-corrected chi connectivity index (χ0v) is 21.4. The van der Waals surface area contributed by atoms with Crippen LogP contribution in [0.4, 0.5) is 4.79 Å². The first-order valence-electron chi connectivity index (χ1n) is 12.7. The predicted molar refractivity (Wildman–Crippen MR) is 138 cm³/mol. The Morgan fingerprint density at radius 3 is 2.47 bits per heavy atom. The van der Waals surface area contributed by atoms with Crippen molar-refractivity contribution in [2.24, 2.45) is 7.05 Å². The van der Waals surface area contributed by atoms with E-state index in [0.29, 0.717) is 39.0 Å². The molecule has 0 aliphatic carbocycles. The van der Waals surface area contributed by atoms with Crippen molar-refractivity contribution in [1.82, 2.24) is 24.5 Å². The maximum absolute atomic E-state index is 13.9. The molecule has 2 saturated heterocycles. The molecule has 190 valence electrons. The van der Waals surface area contributed by atoms with Gasteiger partial charge in [-0.25, -0.2) is 4.79 Å². The molecule has 8 nitrogen and oxygen atoms in total. The highest BCUT2D eigenvalue weighted by Crippen LogP contribution is 2.38. The van der Waals surface area contributed by atoms with Gasteiger partial charge in [0, 0.05) is 58.7 Å². The number of likely N-dealkylation sites (tertiary alicyclic amines) is 1. The molecule has 2 aliphatic heterocycles. The molecule has 0 atom stereocenters. The number of hydrogen-bond donors (Lipinski definition) is 0. The molecule has 3 amide bonds. The van der Waals surface area contributed by atoms with Gasteiger partial charge in [-0.1, -0.05) is 36.4 Å². The van der Waals surface area contributed by atoms with Crippen LogP contribution >= 0.6 is 0 Å². The van der Waals surface area contributed by atoms with Crippen molar-refractivity contribution < 1.29 is 14.3 Å². The first-order valence-corrected chi connectivity index (χ1v) is 12.7. The van der Waals surface area contributed by atoms with E-state index in [-0.39, 0.29) is 11.9 Å². The van der Waals surface area contributed by atoms with Gasteiger partial charge in [0.05, 0.1) is 12.2 Å². The maximum atomic E-state index is 13.9. The third-order valence-electron chi connectivity index (χ3n) is 7.70. The maximum Gasteiger partial charge on any atom is 0.327 e. The lowest BCUT2D eigenvalue weighted by Gasteiger charge is -2.42. The average molecular weight is 490 g/mol. The Labute approximate surface area is 212 Å². The van der Waals surface area contributed by atoms with E-state index < -0.39 is 5.54 Å². The second-order valence-corrected chi connectivity index (χ2v) is 10.1. The van der Waals surface area contributed by atoms with Gasteiger partial charge in [-0.3, -0.25) is 19.3 Å². The van der Waals surface area contributed by atoms with Crippen LogP contribution < -0.4 is 0 Å². The van der Waals surface area contributed by atoms with Gasteiger partial charge in [0.25, 0.3) is 5.91 Å². The highest BCUT2D eigenvalue weighted by atomic mass is 16.5. The molecule has 1 aromatic heterocycles. The van der Waals surface area contributed by atoms with Crippen LogP contribution in [-0.2, 0) is 29.7 Å². The fourth-order valence-corrected chi connectivity index (χ4v) is 5.73. The zero-order chi connectivity index (χ0) is 25.3. The van der Waals surface area contributed by atoms with E-state index in [1.54, 1.807) is 7.11 Å². The van der Waals surface area contributed by atoms with Gasteiger partial charge in [0.1, 0.15) is 5.54 Å². The van der Waals surface area contributed by atoms with Gasteiger partial charge in [0.15, 0.2) is 0 Å². The molecular formula is C28H35N5O3. The second-order valence-electron chi connectivity index (χ2n) is 10.1. The number of aryl methyl sites for hydroxylation is 2. The summed E-state index contributed by atoms with van der Waals surface area (Å²) in [4.78, 5) is 33.2. The molecule has 0 radical (unpaired) electrons. The summed E-state index contributed by atoms with van der Waals surface area (Å²) in [5, 5.41) is 6.71. The first-order chi connectivity index (χ1) is 17.4. The normalized spacial score (nSPS) is 18.2. The Morgan fingerprint density at radius 1 is 1.03 bits per heavy atom. The number of urea groups is 1. The summed E-state index contributed by atoms with van der Waals surface area (Å²) in [6, 6.07) is 14.1. The highest BCUT2D eigenvalue weighted by Gasteiger charge is 2.57. The number of benzene rings is 2.